The van der Waals surface area contributed by atoms with Crippen molar-refractivity contribution in [2.75, 3.05) is 11.9 Å². The topological polar surface area (TPSA) is 78.4 Å². The van der Waals surface area contributed by atoms with Crippen LogP contribution in [0.15, 0.2) is 36.4 Å². The number of hydrogen-bond donors (Lipinski definition) is 3. The van der Waals surface area contributed by atoms with Crippen molar-refractivity contribution < 1.29 is 19.1 Å². The number of hydrogen-bond acceptors (Lipinski definition) is 3. The molecule has 1 unspecified atom stereocenters. The summed E-state index contributed by atoms with van der Waals surface area (Å²) in [4.78, 5) is 24.2. The van der Waals surface area contributed by atoms with Crippen molar-refractivity contribution >= 4 is 52.3 Å². The molecule has 1 atom stereocenters. The maximum absolute atomic E-state index is 13.4. The van der Waals surface area contributed by atoms with E-state index in [0.29, 0.717) is 10.6 Å². The highest BCUT2D eigenvalue weighted by atomic mass is 35.5. The van der Waals surface area contributed by atoms with E-state index in [-0.39, 0.29) is 28.8 Å². The van der Waals surface area contributed by atoms with E-state index in [1.165, 1.54) is 18.2 Å². The van der Waals surface area contributed by atoms with E-state index in [0.717, 1.165) is 6.07 Å². The Balaban J connectivity index is 2.10. The van der Waals surface area contributed by atoms with Crippen molar-refractivity contribution in [1.29, 1.82) is 0 Å². The molecule has 2 amide bonds. The molecular formula is C17H14Cl3FN2O3. The van der Waals surface area contributed by atoms with Crippen LogP contribution in [0.2, 0.25) is 15.1 Å². The number of benzene rings is 2. The number of aliphatic hydroxyl groups is 1. The standard InChI is InChI=1S/C17H14Cl3FN2O3/c18-9-1-3-11(13(20)7-9)15(5-6-24)23-17(26)16(25)22-10-2-4-12(19)14(21)8-10/h1-4,7-8,15,24H,5-6H2,(H,22,25)(H,23,26). The minimum absolute atomic E-state index is 0.0790. The van der Waals surface area contributed by atoms with Crippen LogP contribution in [0.4, 0.5) is 10.1 Å². The summed E-state index contributed by atoms with van der Waals surface area (Å²) in [5, 5.41) is 14.6. The molecule has 0 fully saturated rings. The second kappa shape index (κ2) is 9.19. The van der Waals surface area contributed by atoms with Crippen LogP contribution in [-0.2, 0) is 9.59 Å². The van der Waals surface area contributed by atoms with Gasteiger partial charge in [-0.25, -0.2) is 4.39 Å². The van der Waals surface area contributed by atoms with Crippen LogP contribution in [0.3, 0.4) is 0 Å². The molecule has 138 valence electrons. The van der Waals surface area contributed by atoms with Crippen molar-refractivity contribution in [2.45, 2.75) is 12.5 Å². The summed E-state index contributed by atoms with van der Waals surface area (Å²) < 4.78 is 13.4. The van der Waals surface area contributed by atoms with Gasteiger partial charge in [-0.05, 0) is 42.3 Å². The molecule has 0 heterocycles. The van der Waals surface area contributed by atoms with Gasteiger partial charge < -0.3 is 15.7 Å². The molecule has 0 saturated carbocycles. The third-order valence-electron chi connectivity index (χ3n) is 3.44. The predicted octanol–water partition coefficient (Wildman–Crippen LogP) is 3.96. The van der Waals surface area contributed by atoms with E-state index in [2.05, 4.69) is 10.6 Å². The Morgan fingerprint density at radius 3 is 2.38 bits per heavy atom. The van der Waals surface area contributed by atoms with Gasteiger partial charge in [0.1, 0.15) is 5.82 Å². The molecule has 0 aliphatic rings. The Bertz CT molecular complexity index is 833. The van der Waals surface area contributed by atoms with E-state index >= 15 is 0 Å². The van der Waals surface area contributed by atoms with Gasteiger partial charge in [0.25, 0.3) is 0 Å². The second-order valence-corrected chi connectivity index (χ2v) is 6.54. The first-order valence-electron chi connectivity index (χ1n) is 7.44. The Kier molecular flexibility index (Phi) is 7.23. The van der Waals surface area contributed by atoms with E-state index < -0.39 is 23.7 Å². The number of anilines is 1. The van der Waals surface area contributed by atoms with E-state index in [4.69, 9.17) is 34.8 Å². The van der Waals surface area contributed by atoms with Gasteiger partial charge in [0.2, 0.25) is 0 Å². The molecule has 2 aromatic carbocycles. The molecule has 0 spiro atoms. The van der Waals surface area contributed by atoms with Crippen LogP contribution in [-0.4, -0.2) is 23.5 Å². The zero-order valence-corrected chi connectivity index (χ0v) is 15.5. The third-order valence-corrected chi connectivity index (χ3v) is 4.31. The van der Waals surface area contributed by atoms with Gasteiger partial charge in [-0.2, -0.15) is 0 Å². The van der Waals surface area contributed by atoms with Gasteiger partial charge in [-0.15, -0.1) is 0 Å². The lowest BCUT2D eigenvalue weighted by Crippen LogP contribution is -2.38. The van der Waals surface area contributed by atoms with Crippen LogP contribution in [0.1, 0.15) is 18.0 Å². The van der Waals surface area contributed by atoms with Crippen LogP contribution in [0, 0.1) is 5.82 Å². The fourth-order valence-electron chi connectivity index (χ4n) is 2.20. The molecule has 2 rings (SSSR count). The Morgan fingerprint density at radius 2 is 1.77 bits per heavy atom. The average molecular weight is 420 g/mol. The summed E-state index contributed by atoms with van der Waals surface area (Å²) in [5.74, 6) is -2.69. The quantitative estimate of drug-likeness (QED) is 0.642. The van der Waals surface area contributed by atoms with Gasteiger partial charge in [-0.1, -0.05) is 40.9 Å². The molecule has 9 heteroatoms. The van der Waals surface area contributed by atoms with Crippen LogP contribution in [0.25, 0.3) is 0 Å². The van der Waals surface area contributed by atoms with Gasteiger partial charge in [0.15, 0.2) is 0 Å². The zero-order valence-electron chi connectivity index (χ0n) is 13.2. The van der Waals surface area contributed by atoms with Crippen LogP contribution >= 0.6 is 34.8 Å². The predicted molar refractivity (Wildman–Crippen MR) is 99.1 cm³/mol. The Morgan fingerprint density at radius 1 is 1.04 bits per heavy atom. The highest BCUT2D eigenvalue weighted by molar-refractivity contribution is 6.40. The first-order valence-corrected chi connectivity index (χ1v) is 8.58. The maximum Gasteiger partial charge on any atom is 0.313 e. The number of carbonyl (C=O) groups is 2. The van der Waals surface area contributed by atoms with Crippen molar-refractivity contribution in [1.82, 2.24) is 5.32 Å². The smallest absolute Gasteiger partial charge is 0.313 e. The summed E-state index contributed by atoms with van der Waals surface area (Å²) in [6.45, 7) is -0.242. The minimum atomic E-state index is -1.00. The van der Waals surface area contributed by atoms with Crippen molar-refractivity contribution in [3.8, 4) is 0 Å². The number of amides is 2. The van der Waals surface area contributed by atoms with Crippen molar-refractivity contribution in [2.24, 2.45) is 0 Å². The molecule has 0 aromatic heterocycles. The first-order chi connectivity index (χ1) is 12.3. The van der Waals surface area contributed by atoms with E-state index in [1.807, 2.05) is 0 Å². The second-order valence-electron chi connectivity index (χ2n) is 5.29. The number of aliphatic hydroxyl groups excluding tert-OH is 1. The fourth-order valence-corrected chi connectivity index (χ4v) is 2.86. The SMILES string of the molecule is O=C(Nc1ccc(Cl)c(F)c1)C(=O)NC(CCO)c1ccc(Cl)cc1Cl. The lowest BCUT2D eigenvalue weighted by atomic mass is 10.0. The molecule has 26 heavy (non-hydrogen) atoms. The molecule has 3 N–H and O–H groups in total. The van der Waals surface area contributed by atoms with Gasteiger partial charge in [0.05, 0.1) is 11.1 Å². The minimum Gasteiger partial charge on any atom is -0.396 e. The monoisotopic (exact) mass is 418 g/mol. The normalized spacial score (nSPS) is 11.7. The van der Waals surface area contributed by atoms with Gasteiger partial charge in [-0.3, -0.25) is 9.59 Å². The average Bonchev–Trinajstić information content (AvgIpc) is 2.58. The molecule has 5 nitrogen and oxygen atoms in total. The van der Waals surface area contributed by atoms with Crippen LogP contribution in [0.5, 0.6) is 0 Å². The van der Waals surface area contributed by atoms with Crippen LogP contribution < -0.4 is 10.6 Å². The molecule has 0 aliphatic carbocycles. The van der Waals surface area contributed by atoms with E-state index in [1.54, 1.807) is 12.1 Å². The summed E-state index contributed by atoms with van der Waals surface area (Å²) >= 11 is 17.5. The first kappa shape index (κ1) is 20.5. The number of nitrogens with one attached hydrogen (secondary N) is 2. The Labute approximate surface area is 164 Å². The third kappa shape index (κ3) is 5.32. The lowest BCUT2D eigenvalue weighted by molar-refractivity contribution is -0.136. The highest BCUT2D eigenvalue weighted by Gasteiger charge is 2.22. The largest absolute Gasteiger partial charge is 0.396 e. The van der Waals surface area contributed by atoms with Crippen molar-refractivity contribution in [3.05, 3.63) is 62.8 Å². The number of carbonyl (C=O) groups excluding carboxylic acids is 2. The van der Waals surface area contributed by atoms with Crippen molar-refractivity contribution in [3.63, 3.8) is 0 Å². The molecule has 0 saturated heterocycles. The Hall–Kier alpha value is -1.86. The van der Waals surface area contributed by atoms with Gasteiger partial charge in [0, 0.05) is 22.3 Å². The molecule has 0 radical (unpaired) electrons. The number of halogens is 4. The highest BCUT2D eigenvalue weighted by Crippen LogP contribution is 2.28. The number of rotatable bonds is 5. The molecule has 0 bridgehead atoms. The fraction of sp³-hybridized carbons (Fsp3) is 0.176. The van der Waals surface area contributed by atoms with Gasteiger partial charge >= 0.3 is 11.8 Å². The maximum atomic E-state index is 13.4. The molecule has 0 aliphatic heterocycles. The zero-order chi connectivity index (χ0) is 19.3. The summed E-state index contributed by atoms with van der Waals surface area (Å²) in [7, 11) is 0. The van der Waals surface area contributed by atoms with E-state index in [9.17, 15) is 19.1 Å². The summed E-state index contributed by atoms with van der Waals surface area (Å²) in [6.07, 6.45) is 0.135. The molecular weight excluding hydrogens is 406 g/mol. The summed E-state index contributed by atoms with van der Waals surface area (Å²) in [5.41, 5.74) is 0.582. The lowest BCUT2D eigenvalue weighted by Gasteiger charge is -2.19. The molecule has 2 aromatic rings. The summed E-state index contributed by atoms with van der Waals surface area (Å²) in [6, 6.07) is 7.57.